The molecule has 3 aromatic rings. The molecule has 2 aromatic heterocycles. The van der Waals surface area contributed by atoms with E-state index in [9.17, 15) is 0 Å². The first-order valence-electron chi connectivity index (χ1n) is 6.81. The highest BCUT2D eigenvalue weighted by Crippen LogP contribution is 2.37. The standard InChI is InChI=1S/C16H15BrN2S/c1-9-5-7-20-16(9)15-14-11(4-6-18-15)12-8-10(17)2-3-13(12)19-14/h2-3,5,7-8,15,18-19H,4,6H2,1H3. The fourth-order valence-electron chi connectivity index (χ4n) is 3.10. The molecule has 0 saturated heterocycles. The second-order valence-electron chi connectivity index (χ2n) is 5.31. The number of aromatic nitrogens is 1. The zero-order valence-electron chi connectivity index (χ0n) is 11.2. The van der Waals surface area contributed by atoms with Gasteiger partial charge in [0.25, 0.3) is 0 Å². The summed E-state index contributed by atoms with van der Waals surface area (Å²) in [5, 5.41) is 7.20. The third-order valence-corrected chi connectivity index (χ3v) is 5.65. The molecule has 0 aliphatic carbocycles. The van der Waals surface area contributed by atoms with E-state index in [1.54, 1.807) is 0 Å². The normalized spacial score (nSPS) is 18.4. The molecule has 2 nitrogen and oxygen atoms in total. The van der Waals surface area contributed by atoms with Crippen LogP contribution < -0.4 is 5.32 Å². The Kier molecular flexibility index (Phi) is 2.98. The van der Waals surface area contributed by atoms with E-state index in [1.165, 1.54) is 32.6 Å². The first kappa shape index (κ1) is 12.6. The molecular formula is C16H15BrN2S. The molecule has 0 amide bonds. The summed E-state index contributed by atoms with van der Waals surface area (Å²) in [5.41, 5.74) is 5.43. The van der Waals surface area contributed by atoms with Crippen LogP contribution >= 0.6 is 27.3 Å². The minimum atomic E-state index is 0.310. The average molecular weight is 347 g/mol. The van der Waals surface area contributed by atoms with Crippen LogP contribution in [0.4, 0.5) is 0 Å². The summed E-state index contributed by atoms with van der Waals surface area (Å²) in [7, 11) is 0. The van der Waals surface area contributed by atoms with E-state index in [0.29, 0.717) is 6.04 Å². The third kappa shape index (κ3) is 1.86. The molecule has 4 rings (SSSR count). The molecule has 20 heavy (non-hydrogen) atoms. The van der Waals surface area contributed by atoms with Crippen molar-refractivity contribution in [2.24, 2.45) is 0 Å². The molecule has 0 spiro atoms. The maximum atomic E-state index is 3.66. The number of hydrogen-bond donors (Lipinski definition) is 2. The average Bonchev–Trinajstić information content (AvgIpc) is 3.02. The summed E-state index contributed by atoms with van der Waals surface area (Å²) in [6.07, 6.45) is 1.09. The zero-order valence-corrected chi connectivity index (χ0v) is 13.6. The lowest BCUT2D eigenvalue weighted by Crippen LogP contribution is -2.30. The van der Waals surface area contributed by atoms with Gasteiger partial charge in [0.1, 0.15) is 0 Å². The van der Waals surface area contributed by atoms with E-state index < -0.39 is 0 Å². The topological polar surface area (TPSA) is 27.8 Å². The van der Waals surface area contributed by atoms with Gasteiger partial charge in [0, 0.05) is 32.5 Å². The predicted octanol–water partition coefficient (Wildman–Crippen LogP) is 4.54. The molecule has 0 saturated carbocycles. The molecule has 102 valence electrons. The van der Waals surface area contributed by atoms with Gasteiger partial charge in [-0.05, 0) is 54.1 Å². The predicted molar refractivity (Wildman–Crippen MR) is 88.6 cm³/mol. The van der Waals surface area contributed by atoms with Crippen LogP contribution in [0.2, 0.25) is 0 Å². The number of rotatable bonds is 1. The summed E-state index contributed by atoms with van der Waals surface area (Å²) in [5.74, 6) is 0. The molecular weight excluding hydrogens is 332 g/mol. The van der Waals surface area contributed by atoms with Crippen molar-refractivity contribution in [1.29, 1.82) is 0 Å². The fraction of sp³-hybridized carbons (Fsp3) is 0.250. The Bertz CT molecular complexity index is 787. The first-order chi connectivity index (χ1) is 9.74. The Morgan fingerprint density at radius 1 is 1.30 bits per heavy atom. The van der Waals surface area contributed by atoms with Crippen molar-refractivity contribution >= 4 is 38.2 Å². The second kappa shape index (κ2) is 4.72. The molecule has 1 aromatic carbocycles. The van der Waals surface area contributed by atoms with Crippen LogP contribution in [0.25, 0.3) is 10.9 Å². The molecule has 0 radical (unpaired) electrons. The lowest BCUT2D eigenvalue weighted by molar-refractivity contribution is 0.565. The number of H-pyrrole nitrogens is 1. The smallest absolute Gasteiger partial charge is 0.0828 e. The summed E-state index contributed by atoms with van der Waals surface area (Å²) in [4.78, 5) is 5.06. The van der Waals surface area contributed by atoms with Crippen LogP contribution in [0.1, 0.15) is 27.7 Å². The van der Waals surface area contributed by atoms with Crippen LogP contribution in [0.3, 0.4) is 0 Å². The second-order valence-corrected chi connectivity index (χ2v) is 7.18. The third-order valence-electron chi connectivity index (χ3n) is 4.08. The Morgan fingerprint density at radius 3 is 3.00 bits per heavy atom. The van der Waals surface area contributed by atoms with Gasteiger partial charge < -0.3 is 10.3 Å². The van der Waals surface area contributed by atoms with E-state index >= 15 is 0 Å². The quantitative estimate of drug-likeness (QED) is 0.665. The van der Waals surface area contributed by atoms with Gasteiger partial charge in [-0.25, -0.2) is 0 Å². The molecule has 1 aliphatic rings. The van der Waals surface area contributed by atoms with Crippen LogP contribution in [0.15, 0.2) is 34.1 Å². The van der Waals surface area contributed by atoms with Gasteiger partial charge >= 0.3 is 0 Å². The van der Waals surface area contributed by atoms with E-state index in [-0.39, 0.29) is 0 Å². The molecule has 1 atom stereocenters. The number of halogens is 1. The number of nitrogens with one attached hydrogen (secondary N) is 2. The van der Waals surface area contributed by atoms with Gasteiger partial charge in [-0.3, -0.25) is 0 Å². The molecule has 0 bridgehead atoms. The Morgan fingerprint density at radius 2 is 2.20 bits per heavy atom. The molecule has 2 N–H and O–H groups in total. The molecule has 4 heteroatoms. The van der Waals surface area contributed by atoms with Crippen molar-refractivity contribution in [3.05, 3.63) is 55.8 Å². The summed E-state index contributed by atoms with van der Waals surface area (Å²) >= 11 is 5.42. The minimum absolute atomic E-state index is 0.310. The molecule has 1 aliphatic heterocycles. The lowest BCUT2D eigenvalue weighted by atomic mass is 9.97. The van der Waals surface area contributed by atoms with Gasteiger partial charge in [0.2, 0.25) is 0 Å². The van der Waals surface area contributed by atoms with E-state index in [2.05, 4.69) is 62.8 Å². The van der Waals surface area contributed by atoms with Crippen LogP contribution in [0, 0.1) is 6.92 Å². The maximum absolute atomic E-state index is 3.66. The van der Waals surface area contributed by atoms with Crippen LogP contribution in [0.5, 0.6) is 0 Å². The van der Waals surface area contributed by atoms with Gasteiger partial charge in [-0.1, -0.05) is 15.9 Å². The maximum Gasteiger partial charge on any atom is 0.0828 e. The van der Waals surface area contributed by atoms with E-state index in [0.717, 1.165) is 17.4 Å². The Hall–Kier alpha value is -1.10. The largest absolute Gasteiger partial charge is 0.357 e. The molecule has 0 fully saturated rings. The van der Waals surface area contributed by atoms with Crippen molar-refractivity contribution in [3.8, 4) is 0 Å². The lowest BCUT2D eigenvalue weighted by Gasteiger charge is -2.24. The van der Waals surface area contributed by atoms with Gasteiger partial charge in [0.05, 0.1) is 6.04 Å². The number of fused-ring (bicyclic) bond motifs is 3. The van der Waals surface area contributed by atoms with E-state index in [1.807, 2.05) is 11.3 Å². The van der Waals surface area contributed by atoms with Crippen LogP contribution in [-0.4, -0.2) is 11.5 Å². The summed E-state index contributed by atoms with van der Waals surface area (Å²) in [6.45, 7) is 3.23. The first-order valence-corrected chi connectivity index (χ1v) is 8.48. The van der Waals surface area contributed by atoms with Crippen LogP contribution in [-0.2, 0) is 6.42 Å². The number of benzene rings is 1. The fourth-order valence-corrected chi connectivity index (χ4v) is 4.48. The highest BCUT2D eigenvalue weighted by atomic mass is 79.9. The number of aryl methyl sites for hydroxylation is 1. The van der Waals surface area contributed by atoms with Gasteiger partial charge in [-0.15, -0.1) is 11.3 Å². The molecule has 1 unspecified atom stereocenters. The summed E-state index contributed by atoms with van der Waals surface area (Å²) in [6, 6.07) is 9.01. The highest BCUT2D eigenvalue weighted by Gasteiger charge is 2.26. The highest BCUT2D eigenvalue weighted by molar-refractivity contribution is 9.10. The number of hydrogen-bond acceptors (Lipinski definition) is 2. The van der Waals surface area contributed by atoms with Crippen molar-refractivity contribution in [2.75, 3.05) is 6.54 Å². The van der Waals surface area contributed by atoms with Crippen molar-refractivity contribution in [3.63, 3.8) is 0 Å². The van der Waals surface area contributed by atoms with Gasteiger partial charge in [-0.2, -0.15) is 0 Å². The van der Waals surface area contributed by atoms with Crippen molar-refractivity contribution in [1.82, 2.24) is 10.3 Å². The van der Waals surface area contributed by atoms with Crippen molar-refractivity contribution in [2.45, 2.75) is 19.4 Å². The Balaban J connectivity index is 1.93. The number of thiophene rings is 1. The van der Waals surface area contributed by atoms with E-state index in [4.69, 9.17) is 0 Å². The summed E-state index contributed by atoms with van der Waals surface area (Å²) < 4.78 is 1.15. The Labute approximate surface area is 130 Å². The molecule has 3 heterocycles. The number of aromatic amines is 1. The van der Waals surface area contributed by atoms with Gasteiger partial charge in [0.15, 0.2) is 0 Å². The monoisotopic (exact) mass is 346 g/mol. The zero-order chi connectivity index (χ0) is 13.7. The minimum Gasteiger partial charge on any atom is -0.357 e. The van der Waals surface area contributed by atoms with Crippen molar-refractivity contribution < 1.29 is 0 Å². The SMILES string of the molecule is Cc1ccsc1C1NCCc2c1[nH]c1ccc(Br)cc21.